The number of nitro benzene ring substituents is 1. The number of amides is 3. The third kappa shape index (κ3) is 7.11. The number of non-ortho nitro benzene ring substituents is 1. The maximum Gasteiger partial charge on any atom is 0.424 e. The molecule has 0 radical (unpaired) electrons. The number of halogens is 3. The number of carbonyl (C=O) groups excluding carboxylic acids is 3. The number of nitrogens with zero attached hydrogens (tertiary/aromatic N) is 2. The second kappa shape index (κ2) is 10.4. The Labute approximate surface area is 210 Å². The number of nitro groups is 1. The fourth-order valence-corrected chi connectivity index (χ4v) is 2.90. The summed E-state index contributed by atoms with van der Waals surface area (Å²) in [6.45, 7) is 9.05. The third-order valence-corrected chi connectivity index (χ3v) is 4.44. The van der Waals surface area contributed by atoms with Crippen LogP contribution in [0.25, 0.3) is 0 Å². The normalized spacial score (nSPS) is 11.5. The Hall–Kier alpha value is -3.80. The number of nitrogens with one attached hydrogen (secondary N) is 1. The zero-order valence-electron chi connectivity index (χ0n) is 20.3. The zero-order valence-corrected chi connectivity index (χ0v) is 21.0. The second-order valence-electron chi connectivity index (χ2n) is 9.43. The van der Waals surface area contributed by atoms with Crippen LogP contribution >= 0.6 is 11.6 Å². The molecule has 0 saturated carbocycles. The number of anilines is 2. The number of carbonyl (C=O) groups is 3. The first-order chi connectivity index (χ1) is 16.4. The molecule has 2 rings (SSSR count). The molecule has 1 N–H and O–H groups in total. The van der Waals surface area contributed by atoms with Crippen LogP contribution in [0.2, 0.25) is 5.02 Å². The molecule has 0 aliphatic carbocycles. The summed E-state index contributed by atoms with van der Waals surface area (Å²) in [6, 6.07) is 4.43. The topological polar surface area (TPSA) is 128 Å². The van der Waals surface area contributed by atoms with Gasteiger partial charge in [0.05, 0.1) is 21.2 Å². The molecule has 13 heteroatoms. The predicted molar refractivity (Wildman–Crippen MR) is 127 cm³/mol. The molecule has 0 bridgehead atoms. The van der Waals surface area contributed by atoms with E-state index >= 15 is 4.39 Å². The summed E-state index contributed by atoms with van der Waals surface area (Å²) < 4.78 is 40.4. The fraction of sp³-hybridized carbons (Fsp3) is 0.348. The van der Waals surface area contributed by atoms with Crippen molar-refractivity contribution in [2.24, 2.45) is 0 Å². The highest BCUT2D eigenvalue weighted by Gasteiger charge is 2.35. The first-order valence-electron chi connectivity index (χ1n) is 10.4. The van der Waals surface area contributed by atoms with Gasteiger partial charge in [-0.05, 0) is 59.7 Å². The van der Waals surface area contributed by atoms with E-state index in [-0.39, 0.29) is 9.92 Å². The van der Waals surface area contributed by atoms with Crippen LogP contribution in [-0.2, 0) is 9.47 Å². The molecule has 0 aromatic heterocycles. The molecule has 0 heterocycles. The molecule has 3 amide bonds. The highest BCUT2D eigenvalue weighted by Crippen LogP contribution is 2.32. The van der Waals surface area contributed by atoms with Gasteiger partial charge in [0.25, 0.3) is 11.6 Å². The highest BCUT2D eigenvalue weighted by atomic mass is 35.5. The largest absolute Gasteiger partial charge is 0.443 e. The van der Waals surface area contributed by atoms with Gasteiger partial charge in [-0.2, -0.15) is 4.90 Å². The lowest BCUT2D eigenvalue weighted by Gasteiger charge is -2.29. The molecule has 0 aliphatic heterocycles. The lowest BCUT2D eigenvalue weighted by atomic mass is 10.1. The van der Waals surface area contributed by atoms with Crippen molar-refractivity contribution in [1.82, 2.24) is 0 Å². The molecule has 0 unspecified atom stereocenters. The van der Waals surface area contributed by atoms with Gasteiger partial charge >= 0.3 is 12.2 Å². The van der Waals surface area contributed by atoms with Gasteiger partial charge in [-0.1, -0.05) is 11.6 Å². The van der Waals surface area contributed by atoms with Gasteiger partial charge in [-0.3, -0.25) is 14.9 Å². The monoisotopic (exact) mass is 527 g/mol. The van der Waals surface area contributed by atoms with Crippen LogP contribution in [0.3, 0.4) is 0 Å². The number of imide groups is 1. The summed E-state index contributed by atoms with van der Waals surface area (Å²) in [6.07, 6.45) is -2.64. The molecule has 0 aliphatic rings. The molecule has 10 nitrogen and oxygen atoms in total. The Morgan fingerprint density at radius 2 is 1.50 bits per heavy atom. The van der Waals surface area contributed by atoms with E-state index in [0.29, 0.717) is 6.07 Å². The van der Waals surface area contributed by atoms with Crippen molar-refractivity contribution in [2.45, 2.75) is 52.7 Å². The van der Waals surface area contributed by atoms with Gasteiger partial charge in [0.15, 0.2) is 5.82 Å². The third-order valence-electron chi connectivity index (χ3n) is 4.11. The van der Waals surface area contributed by atoms with E-state index in [9.17, 15) is 28.9 Å². The van der Waals surface area contributed by atoms with Crippen LogP contribution in [0, 0.1) is 21.7 Å². The molecule has 2 aromatic carbocycles. The van der Waals surface area contributed by atoms with E-state index in [1.54, 1.807) is 0 Å². The molecule has 2 aromatic rings. The van der Waals surface area contributed by atoms with Crippen LogP contribution in [0.15, 0.2) is 30.3 Å². The predicted octanol–water partition coefficient (Wildman–Crippen LogP) is 6.46. The number of rotatable bonds is 4. The maximum absolute atomic E-state index is 15.5. The Morgan fingerprint density at radius 3 is 1.97 bits per heavy atom. The molecule has 0 saturated heterocycles. The molecule has 194 valence electrons. The minimum Gasteiger partial charge on any atom is -0.443 e. The molecule has 36 heavy (non-hydrogen) atoms. The van der Waals surface area contributed by atoms with Gasteiger partial charge in [0, 0.05) is 12.1 Å². The smallest absolute Gasteiger partial charge is 0.424 e. The Kier molecular flexibility index (Phi) is 8.25. The summed E-state index contributed by atoms with van der Waals surface area (Å²) >= 11 is 5.93. The average Bonchev–Trinajstić information content (AvgIpc) is 2.70. The van der Waals surface area contributed by atoms with Crippen LogP contribution in [0.4, 0.5) is 35.4 Å². The average molecular weight is 528 g/mol. The van der Waals surface area contributed by atoms with Gasteiger partial charge < -0.3 is 14.8 Å². The molecule has 0 atom stereocenters. The number of hydrogen-bond acceptors (Lipinski definition) is 7. The highest BCUT2D eigenvalue weighted by molar-refractivity contribution is 6.34. The fourth-order valence-electron chi connectivity index (χ4n) is 2.70. The van der Waals surface area contributed by atoms with Crippen molar-refractivity contribution < 1.29 is 37.6 Å². The SMILES string of the molecule is CC(C)(C)OC(=O)N(C(=O)OC(C)(C)C)c1ccc(F)c(NC(=O)c2cc([N+](=O)[O-])ccc2Cl)c1F. The summed E-state index contributed by atoms with van der Waals surface area (Å²) in [5.41, 5.74) is -4.93. The number of hydrogen-bond donors (Lipinski definition) is 1. The summed E-state index contributed by atoms with van der Waals surface area (Å²) in [4.78, 5) is 48.7. The second-order valence-corrected chi connectivity index (χ2v) is 9.83. The first-order valence-corrected chi connectivity index (χ1v) is 10.8. The van der Waals surface area contributed by atoms with E-state index in [1.807, 2.05) is 5.32 Å². The quantitative estimate of drug-likeness (QED) is 0.357. The Morgan fingerprint density at radius 1 is 0.972 bits per heavy atom. The van der Waals surface area contributed by atoms with Gasteiger partial charge in [-0.15, -0.1) is 0 Å². The minimum atomic E-state index is -1.51. The lowest BCUT2D eigenvalue weighted by molar-refractivity contribution is -0.384. The van der Waals surface area contributed by atoms with Crippen LogP contribution in [0.5, 0.6) is 0 Å². The van der Waals surface area contributed by atoms with Crippen molar-refractivity contribution >= 4 is 46.8 Å². The zero-order chi connectivity index (χ0) is 27.6. The van der Waals surface area contributed by atoms with Crippen molar-refractivity contribution in [3.05, 3.63) is 62.7 Å². The van der Waals surface area contributed by atoms with E-state index in [0.717, 1.165) is 24.3 Å². The maximum atomic E-state index is 15.5. The van der Waals surface area contributed by atoms with Crippen molar-refractivity contribution in [2.75, 3.05) is 10.2 Å². The molecular formula is C23H24ClF2N3O7. The molecule has 0 spiro atoms. The number of benzene rings is 2. The lowest BCUT2D eigenvalue weighted by Crippen LogP contribution is -2.44. The van der Waals surface area contributed by atoms with Gasteiger partial charge in [0.1, 0.15) is 22.7 Å². The summed E-state index contributed by atoms with van der Waals surface area (Å²) in [7, 11) is 0. The van der Waals surface area contributed by atoms with Gasteiger partial charge in [-0.25, -0.2) is 18.4 Å². The van der Waals surface area contributed by atoms with E-state index in [2.05, 4.69) is 0 Å². The van der Waals surface area contributed by atoms with E-state index in [4.69, 9.17) is 21.1 Å². The van der Waals surface area contributed by atoms with Crippen molar-refractivity contribution in [3.8, 4) is 0 Å². The van der Waals surface area contributed by atoms with Gasteiger partial charge in [0.2, 0.25) is 0 Å². The number of ether oxygens (including phenoxy) is 2. The molecule has 0 fully saturated rings. The summed E-state index contributed by atoms with van der Waals surface area (Å²) in [5.74, 6) is -3.96. The van der Waals surface area contributed by atoms with Crippen molar-refractivity contribution in [3.63, 3.8) is 0 Å². The minimum absolute atomic E-state index is 0.223. The van der Waals surface area contributed by atoms with Crippen LogP contribution in [-0.4, -0.2) is 34.2 Å². The van der Waals surface area contributed by atoms with E-state index in [1.165, 1.54) is 41.5 Å². The van der Waals surface area contributed by atoms with E-state index < -0.39 is 68.5 Å². The van der Waals surface area contributed by atoms with Crippen LogP contribution < -0.4 is 10.2 Å². The standard InChI is InChI=1S/C23H24ClF2N3O7/c1-22(2,3)35-20(31)28(21(32)36-23(4,5)6)16-10-9-15(25)18(17(16)26)27-19(30)13-11-12(29(33)34)7-8-14(13)24/h7-11H,1-6H3,(H,27,30). The first kappa shape index (κ1) is 28.4. The van der Waals surface area contributed by atoms with Crippen LogP contribution in [0.1, 0.15) is 51.9 Å². The van der Waals surface area contributed by atoms with Crippen molar-refractivity contribution in [1.29, 1.82) is 0 Å². The Balaban J connectivity index is 2.56. The summed E-state index contributed by atoms with van der Waals surface area (Å²) in [5, 5.41) is 12.7. The Bertz CT molecular complexity index is 1200. The molecular weight excluding hydrogens is 504 g/mol.